The van der Waals surface area contributed by atoms with E-state index in [1.54, 1.807) is 0 Å². The zero-order chi connectivity index (χ0) is 16.2. The summed E-state index contributed by atoms with van der Waals surface area (Å²) in [4.78, 5) is 12.4. The second-order valence-electron chi connectivity index (χ2n) is 6.83. The molecule has 2 nitrogen and oxygen atoms in total. The Labute approximate surface area is 134 Å². The maximum atomic E-state index is 12.4. The molecule has 0 unspecified atom stereocenters. The molecular weight excluding hydrogens is 288 g/mol. The van der Waals surface area contributed by atoms with E-state index in [1.165, 1.54) is 10.4 Å². The molecule has 0 N–H and O–H groups in total. The van der Waals surface area contributed by atoms with Gasteiger partial charge in [0.25, 0.3) is 0 Å². The van der Waals surface area contributed by atoms with Crippen molar-refractivity contribution in [3.05, 3.63) is 60.7 Å². The summed E-state index contributed by atoms with van der Waals surface area (Å²) in [6.07, 6.45) is 0. The third-order valence-electron chi connectivity index (χ3n) is 3.74. The number of carbonyl (C=O) groups is 1. The molecule has 0 aliphatic rings. The lowest BCUT2D eigenvalue weighted by Crippen LogP contribution is -2.57. The molecular formula is C19H24O2Si. The fourth-order valence-electron chi connectivity index (χ4n) is 2.65. The van der Waals surface area contributed by atoms with E-state index in [0.717, 1.165) is 0 Å². The quantitative estimate of drug-likeness (QED) is 0.640. The van der Waals surface area contributed by atoms with Gasteiger partial charge >= 0.3 is 5.97 Å². The number of rotatable bonds is 4. The van der Waals surface area contributed by atoms with Gasteiger partial charge in [0, 0.05) is 6.04 Å². The van der Waals surface area contributed by atoms with Crippen molar-refractivity contribution in [2.45, 2.75) is 39.0 Å². The molecule has 2 aromatic rings. The molecule has 0 atom stereocenters. The van der Waals surface area contributed by atoms with E-state index in [0.29, 0.717) is 6.04 Å². The Balaban J connectivity index is 2.37. The predicted molar refractivity (Wildman–Crippen MR) is 94.4 cm³/mol. The third kappa shape index (κ3) is 4.07. The van der Waals surface area contributed by atoms with Crippen LogP contribution < -0.4 is 10.4 Å². The summed E-state index contributed by atoms with van der Waals surface area (Å²) in [5.74, 6) is -0.116. The van der Waals surface area contributed by atoms with Gasteiger partial charge in [-0.3, -0.25) is 4.79 Å². The topological polar surface area (TPSA) is 26.3 Å². The molecule has 0 amide bonds. The zero-order valence-electron chi connectivity index (χ0n) is 13.8. The molecule has 0 aromatic heterocycles. The Morgan fingerprint density at radius 1 is 0.909 bits per heavy atom. The van der Waals surface area contributed by atoms with E-state index in [2.05, 4.69) is 30.8 Å². The van der Waals surface area contributed by atoms with Crippen LogP contribution in [0.4, 0.5) is 0 Å². The smallest absolute Gasteiger partial charge is 0.304 e. The minimum atomic E-state index is -2.14. The molecule has 116 valence electrons. The molecule has 2 aromatic carbocycles. The third-order valence-corrected chi connectivity index (χ3v) is 7.95. The first kappa shape index (κ1) is 16.5. The largest absolute Gasteiger partial charge is 0.460 e. The van der Waals surface area contributed by atoms with Crippen LogP contribution >= 0.6 is 0 Å². The molecule has 0 heterocycles. The minimum Gasteiger partial charge on any atom is -0.460 e. The molecule has 2 rings (SSSR count). The maximum Gasteiger partial charge on any atom is 0.304 e. The van der Waals surface area contributed by atoms with Crippen LogP contribution in [0.5, 0.6) is 0 Å². The van der Waals surface area contributed by atoms with Gasteiger partial charge in [0.05, 0.1) is 0 Å². The fraction of sp³-hybridized carbons (Fsp3) is 0.316. The Kier molecular flexibility index (Phi) is 4.86. The summed E-state index contributed by atoms with van der Waals surface area (Å²) < 4.78 is 5.57. The second-order valence-corrected chi connectivity index (χ2v) is 11.0. The van der Waals surface area contributed by atoms with Crippen molar-refractivity contribution in [2.24, 2.45) is 0 Å². The molecule has 0 spiro atoms. The summed E-state index contributed by atoms with van der Waals surface area (Å²) in [5.41, 5.74) is -0.445. The number of esters is 1. The first-order valence-electron chi connectivity index (χ1n) is 7.64. The van der Waals surface area contributed by atoms with Gasteiger partial charge in [-0.1, -0.05) is 77.6 Å². The highest BCUT2D eigenvalue weighted by Crippen LogP contribution is 2.16. The molecule has 0 aliphatic carbocycles. The molecule has 0 aliphatic heterocycles. The van der Waals surface area contributed by atoms with Crippen molar-refractivity contribution < 1.29 is 9.53 Å². The van der Waals surface area contributed by atoms with E-state index in [1.807, 2.05) is 57.2 Å². The Bertz CT molecular complexity index is 575. The highest BCUT2D eigenvalue weighted by Gasteiger charge is 2.35. The molecule has 3 heteroatoms. The average Bonchev–Trinajstić information content (AvgIpc) is 2.47. The summed E-state index contributed by atoms with van der Waals surface area (Å²) >= 11 is 0. The van der Waals surface area contributed by atoms with Crippen LogP contribution in [0.15, 0.2) is 60.7 Å². The van der Waals surface area contributed by atoms with E-state index in [9.17, 15) is 4.79 Å². The fourth-order valence-corrected chi connectivity index (χ4v) is 5.90. The van der Waals surface area contributed by atoms with Crippen LogP contribution in [0.1, 0.15) is 20.8 Å². The van der Waals surface area contributed by atoms with Crippen molar-refractivity contribution in [3.8, 4) is 0 Å². The summed E-state index contributed by atoms with van der Waals surface area (Å²) in [6, 6.07) is 21.2. The Morgan fingerprint density at radius 2 is 1.32 bits per heavy atom. The predicted octanol–water partition coefficient (Wildman–Crippen LogP) is 3.22. The van der Waals surface area contributed by atoms with Crippen molar-refractivity contribution in [3.63, 3.8) is 0 Å². The van der Waals surface area contributed by atoms with Gasteiger partial charge in [-0.15, -0.1) is 0 Å². The van der Waals surface area contributed by atoms with Crippen LogP contribution in [-0.2, 0) is 9.53 Å². The normalized spacial score (nSPS) is 12.0. The zero-order valence-corrected chi connectivity index (χ0v) is 14.8. The van der Waals surface area contributed by atoms with Gasteiger partial charge < -0.3 is 4.74 Å². The monoisotopic (exact) mass is 312 g/mol. The maximum absolute atomic E-state index is 12.4. The second kappa shape index (κ2) is 6.49. The lowest BCUT2D eigenvalue weighted by Gasteiger charge is -2.29. The molecule has 0 radical (unpaired) electrons. The number of carbonyl (C=O) groups excluding carboxylic acids is 1. The number of benzene rings is 2. The van der Waals surface area contributed by atoms with Gasteiger partial charge in [0.1, 0.15) is 13.7 Å². The van der Waals surface area contributed by atoms with E-state index >= 15 is 0 Å². The van der Waals surface area contributed by atoms with E-state index in [-0.39, 0.29) is 5.97 Å². The van der Waals surface area contributed by atoms with Crippen molar-refractivity contribution >= 4 is 24.4 Å². The van der Waals surface area contributed by atoms with Gasteiger partial charge in [-0.25, -0.2) is 0 Å². The van der Waals surface area contributed by atoms with Crippen molar-refractivity contribution in [1.82, 2.24) is 0 Å². The molecule has 0 bridgehead atoms. The molecule has 0 saturated heterocycles. The first-order valence-corrected chi connectivity index (χ1v) is 10.3. The minimum absolute atomic E-state index is 0.116. The number of hydrogen-bond acceptors (Lipinski definition) is 2. The van der Waals surface area contributed by atoms with Crippen molar-refractivity contribution in [1.29, 1.82) is 0 Å². The lowest BCUT2D eigenvalue weighted by molar-refractivity contribution is -0.151. The highest BCUT2D eigenvalue weighted by molar-refractivity contribution is 7.02. The van der Waals surface area contributed by atoms with Crippen LogP contribution in [0, 0.1) is 0 Å². The van der Waals surface area contributed by atoms with Gasteiger partial charge in [-0.2, -0.15) is 0 Å². The van der Waals surface area contributed by atoms with Crippen LogP contribution in [0.2, 0.25) is 12.6 Å². The first-order chi connectivity index (χ1) is 10.3. The summed E-state index contributed by atoms with van der Waals surface area (Å²) in [6.45, 7) is 7.97. The Hall–Kier alpha value is -1.87. The molecule has 0 saturated carbocycles. The van der Waals surface area contributed by atoms with Crippen molar-refractivity contribution in [2.75, 3.05) is 0 Å². The summed E-state index contributed by atoms with van der Waals surface area (Å²) in [7, 11) is -2.14. The molecule has 0 fully saturated rings. The van der Waals surface area contributed by atoms with Crippen LogP contribution in [0.3, 0.4) is 0 Å². The average molecular weight is 312 g/mol. The lowest BCUT2D eigenvalue weighted by atomic mass is 10.2. The standard InChI is InChI=1S/C19H24O2Si/c1-19(2,3)21-18(20)15-22(4,16-11-7-5-8-12-16)17-13-9-6-10-14-17/h5-14H,15H2,1-4H3. The van der Waals surface area contributed by atoms with E-state index in [4.69, 9.17) is 4.74 Å². The highest BCUT2D eigenvalue weighted by atomic mass is 28.3. The number of ether oxygens (including phenoxy) is 1. The van der Waals surface area contributed by atoms with Crippen LogP contribution in [-0.4, -0.2) is 19.6 Å². The van der Waals surface area contributed by atoms with Gasteiger partial charge in [-0.05, 0) is 20.8 Å². The molecule has 22 heavy (non-hydrogen) atoms. The SMILES string of the molecule is CC(C)(C)OC(=O)C[Si](C)(c1ccccc1)c1ccccc1. The van der Waals surface area contributed by atoms with Crippen LogP contribution in [0.25, 0.3) is 0 Å². The summed E-state index contributed by atoms with van der Waals surface area (Å²) in [5, 5.41) is 2.51. The van der Waals surface area contributed by atoms with E-state index < -0.39 is 13.7 Å². The Morgan fingerprint density at radius 3 is 1.68 bits per heavy atom. The number of hydrogen-bond donors (Lipinski definition) is 0. The van der Waals surface area contributed by atoms with Gasteiger partial charge in [0.15, 0.2) is 0 Å². The van der Waals surface area contributed by atoms with Gasteiger partial charge in [0.2, 0.25) is 0 Å².